The summed E-state index contributed by atoms with van der Waals surface area (Å²) in [4.78, 5) is 27.9. The lowest BCUT2D eigenvalue weighted by Gasteiger charge is -2.36. The number of nitrogens with zero attached hydrogens (tertiary/aromatic N) is 1. The average Bonchev–Trinajstić information content (AvgIpc) is 2.73. The van der Waals surface area contributed by atoms with E-state index >= 15 is 0 Å². The van der Waals surface area contributed by atoms with Crippen LogP contribution in [0.4, 0.5) is 0 Å². The lowest BCUT2D eigenvalue weighted by atomic mass is 9.70. The summed E-state index contributed by atoms with van der Waals surface area (Å²) >= 11 is 0. The molecule has 5 heteroatoms. The number of carbonyl (C=O) groups excluding carboxylic acids is 2. The molecule has 2 aliphatic heterocycles. The first-order valence-corrected chi connectivity index (χ1v) is 7.46. The highest BCUT2D eigenvalue weighted by molar-refractivity contribution is 6.17. The highest BCUT2D eigenvalue weighted by atomic mass is 16.1. The van der Waals surface area contributed by atoms with Gasteiger partial charge in [-0.2, -0.15) is 0 Å². The van der Waals surface area contributed by atoms with Crippen LogP contribution in [0.25, 0.3) is 0 Å². The van der Waals surface area contributed by atoms with E-state index in [1.807, 2.05) is 30.5 Å². The van der Waals surface area contributed by atoms with Crippen molar-refractivity contribution in [3.05, 3.63) is 71.6 Å². The van der Waals surface area contributed by atoms with E-state index in [1.165, 1.54) is 0 Å². The molecule has 0 bridgehead atoms. The fourth-order valence-corrected chi connectivity index (χ4v) is 3.48. The average molecular weight is 305 g/mol. The monoisotopic (exact) mass is 305 g/mol. The number of aldehydes is 1. The predicted octanol–water partition coefficient (Wildman–Crippen LogP) is 1.34. The summed E-state index contributed by atoms with van der Waals surface area (Å²) in [6.45, 7) is 0.525. The van der Waals surface area contributed by atoms with Crippen molar-refractivity contribution < 1.29 is 9.59 Å². The zero-order valence-corrected chi connectivity index (χ0v) is 12.3. The van der Waals surface area contributed by atoms with Gasteiger partial charge in [0, 0.05) is 11.8 Å². The number of hydrogen-bond donors (Lipinski definition) is 2. The fourth-order valence-electron chi connectivity index (χ4n) is 3.48. The van der Waals surface area contributed by atoms with Gasteiger partial charge in [-0.25, -0.2) is 0 Å². The summed E-state index contributed by atoms with van der Waals surface area (Å²) < 4.78 is 0. The molecule has 0 aromatic heterocycles. The van der Waals surface area contributed by atoms with Gasteiger partial charge in [0.25, 0.3) is 0 Å². The quantitative estimate of drug-likeness (QED) is 0.809. The third kappa shape index (κ3) is 1.94. The number of benzene rings is 1. The lowest BCUT2D eigenvalue weighted by Crippen LogP contribution is -2.51. The van der Waals surface area contributed by atoms with Crippen LogP contribution in [0.3, 0.4) is 0 Å². The number of carbonyl (C=O) groups is 2. The molecule has 2 N–H and O–H groups in total. The Morgan fingerprint density at radius 1 is 1.26 bits per heavy atom. The summed E-state index contributed by atoms with van der Waals surface area (Å²) in [6.07, 6.45) is 9.99. The molecule has 1 aliphatic carbocycles. The first-order valence-electron chi connectivity index (χ1n) is 7.46. The van der Waals surface area contributed by atoms with E-state index in [4.69, 9.17) is 0 Å². The van der Waals surface area contributed by atoms with Crippen LogP contribution in [0.2, 0.25) is 0 Å². The fraction of sp³-hybridized carbons (Fsp3) is 0.167. The number of hydrogen-bond acceptors (Lipinski definition) is 5. The van der Waals surface area contributed by atoms with Gasteiger partial charge < -0.3 is 5.32 Å². The first-order chi connectivity index (χ1) is 11.3. The van der Waals surface area contributed by atoms with Crippen molar-refractivity contribution in [1.82, 2.24) is 10.6 Å². The van der Waals surface area contributed by atoms with Crippen molar-refractivity contribution in [2.24, 2.45) is 10.4 Å². The molecule has 1 aromatic rings. The van der Waals surface area contributed by atoms with E-state index in [9.17, 15) is 9.59 Å². The minimum atomic E-state index is -0.613. The van der Waals surface area contributed by atoms with Crippen LogP contribution in [-0.2, 0) is 4.79 Å². The SMILES string of the molecule is O=Cc1ccc(C2=NC=CC3=CC(=O)C4NCNC=CC324)cc1. The minimum Gasteiger partial charge on any atom is -0.379 e. The smallest absolute Gasteiger partial charge is 0.174 e. The van der Waals surface area contributed by atoms with Crippen LogP contribution < -0.4 is 10.6 Å². The maximum Gasteiger partial charge on any atom is 0.174 e. The van der Waals surface area contributed by atoms with Crippen LogP contribution >= 0.6 is 0 Å². The Hall–Kier alpha value is -2.79. The molecule has 1 spiro atoms. The lowest BCUT2D eigenvalue weighted by molar-refractivity contribution is -0.116. The van der Waals surface area contributed by atoms with Crippen molar-refractivity contribution in [2.45, 2.75) is 6.04 Å². The van der Waals surface area contributed by atoms with Gasteiger partial charge in [0.1, 0.15) is 6.29 Å². The molecule has 3 aliphatic rings. The second-order valence-electron chi connectivity index (χ2n) is 5.76. The first kappa shape index (κ1) is 13.8. The minimum absolute atomic E-state index is 0.0529. The van der Waals surface area contributed by atoms with E-state index in [0.29, 0.717) is 12.2 Å². The van der Waals surface area contributed by atoms with E-state index in [1.54, 1.807) is 24.4 Å². The van der Waals surface area contributed by atoms with E-state index in [0.717, 1.165) is 23.1 Å². The highest BCUT2D eigenvalue weighted by Gasteiger charge is 2.52. The Morgan fingerprint density at radius 3 is 2.87 bits per heavy atom. The largest absolute Gasteiger partial charge is 0.379 e. The molecule has 5 nitrogen and oxygen atoms in total. The highest BCUT2D eigenvalue weighted by Crippen LogP contribution is 2.45. The van der Waals surface area contributed by atoms with Gasteiger partial charge >= 0.3 is 0 Å². The Balaban J connectivity index is 1.89. The molecular formula is C18H15N3O2. The summed E-state index contributed by atoms with van der Waals surface area (Å²) in [7, 11) is 0. The van der Waals surface area contributed by atoms with Crippen molar-refractivity contribution in [3.63, 3.8) is 0 Å². The van der Waals surface area contributed by atoms with Gasteiger partial charge in [0.15, 0.2) is 5.78 Å². The van der Waals surface area contributed by atoms with Crippen LogP contribution in [0.15, 0.2) is 65.5 Å². The number of allylic oxidation sites excluding steroid dienone is 1. The van der Waals surface area contributed by atoms with Crippen LogP contribution in [-0.4, -0.2) is 30.5 Å². The van der Waals surface area contributed by atoms with E-state index in [2.05, 4.69) is 15.6 Å². The maximum atomic E-state index is 12.5. The number of aliphatic imine (C=N–C) groups is 1. The van der Waals surface area contributed by atoms with Gasteiger partial charge in [0.05, 0.1) is 23.8 Å². The molecule has 1 aromatic carbocycles. The summed E-state index contributed by atoms with van der Waals surface area (Å²) in [5, 5.41) is 6.38. The number of ketones is 1. The second-order valence-corrected chi connectivity index (χ2v) is 5.76. The second kappa shape index (κ2) is 5.14. The molecule has 0 saturated heterocycles. The molecule has 23 heavy (non-hydrogen) atoms. The summed E-state index contributed by atoms with van der Waals surface area (Å²) in [5.74, 6) is 0.0529. The topological polar surface area (TPSA) is 70.6 Å². The summed E-state index contributed by atoms with van der Waals surface area (Å²) in [5.41, 5.74) is 2.65. The molecule has 0 fully saturated rings. The molecular weight excluding hydrogens is 290 g/mol. The molecule has 2 unspecified atom stereocenters. The third-order valence-electron chi connectivity index (χ3n) is 4.56. The Bertz CT molecular complexity index is 802. The standard InChI is InChI=1S/C18H15N3O2/c22-10-12-1-3-13(4-2-12)16-18-6-8-19-11-21-17(18)15(23)9-14(18)5-7-20-16/h1-10,17,19,21H,11H2. The molecule has 2 heterocycles. The van der Waals surface area contributed by atoms with Crippen molar-refractivity contribution in [3.8, 4) is 0 Å². The molecule has 0 amide bonds. The molecule has 0 saturated carbocycles. The van der Waals surface area contributed by atoms with E-state index < -0.39 is 5.41 Å². The molecule has 0 radical (unpaired) electrons. The van der Waals surface area contributed by atoms with Gasteiger partial charge in [-0.15, -0.1) is 0 Å². The van der Waals surface area contributed by atoms with Crippen LogP contribution in [0.1, 0.15) is 15.9 Å². The summed E-state index contributed by atoms with van der Waals surface area (Å²) in [6, 6.07) is 6.90. The van der Waals surface area contributed by atoms with Crippen LogP contribution in [0, 0.1) is 5.41 Å². The number of nitrogens with one attached hydrogen (secondary N) is 2. The molecule has 2 atom stereocenters. The van der Waals surface area contributed by atoms with Crippen molar-refractivity contribution in [2.75, 3.05) is 6.67 Å². The Morgan fingerprint density at radius 2 is 2.09 bits per heavy atom. The Labute approximate surface area is 133 Å². The van der Waals surface area contributed by atoms with Gasteiger partial charge in [-0.1, -0.05) is 30.3 Å². The van der Waals surface area contributed by atoms with Gasteiger partial charge in [-0.3, -0.25) is 19.9 Å². The zero-order valence-electron chi connectivity index (χ0n) is 12.3. The normalized spacial score (nSPS) is 28.2. The third-order valence-corrected chi connectivity index (χ3v) is 4.56. The van der Waals surface area contributed by atoms with Gasteiger partial charge in [0.2, 0.25) is 0 Å². The van der Waals surface area contributed by atoms with Crippen molar-refractivity contribution >= 4 is 17.8 Å². The van der Waals surface area contributed by atoms with Crippen molar-refractivity contribution in [1.29, 1.82) is 0 Å². The Kier molecular flexibility index (Phi) is 3.09. The van der Waals surface area contributed by atoms with Crippen LogP contribution in [0.5, 0.6) is 0 Å². The molecule has 4 rings (SSSR count). The zero-order chi connectivity index (χ0) is 15.9. The predicted molar refractivity (Wildman–Crippen MR) is 87.1 cm³/mol. The number of rotatable bonds is 2. The molecule has 114 valence electrons. The van der Waals surface area contributed by atoms with E-state index in [-0.39, 0.29) is 11.8 Å². The maximum absolute atomic E-state index is 12.5. The van der Waals surface area contributed by atoms with Gasteiger partial charge in [-0.05, 0) is 29.5 Å².